The molecule has 0 radical (unpaired) electrons. The van der Waals surface area contributed by atoms with Crippen LogP contribution in [0.2, 0.25) is 0 Å². The van der Waals surface area contributed by atoms with E-state index in [1.54, 1.807) is 25.2 Å². The van der Waals surface area contributed by atoms with E-state index in [4.69, 9.17) is 4.52 Å². The zero-order valence-electron chi connectivity index (χ0n) is 10.8. The highest BCUT2D eigenvalue weighted by Crippen LogP contribution is 2.23. The average molecular weight is 360 g/mol. The van der Waals surface area contributed by atoms with Crippen LogP contribution in [0.25, 0.3) is 0 Å². The highest BCUT2D eigenvalue weighted by Gasteiger charge is 2.18. The van der Waals surface area contributed by atoms with Crippen molar-refractivity contribution in [1.82, 2.24) is 15.2 Å². The molecule has 0 saturated heterocycles. The average Bonchev–Trinajstić information content (AvgIpc) is 2.92. The summed E-state index contributed by atoms with van der Waals surface area (Å²) >= 11 is 3.26. The Hall–Kier alpha value is -1.22. The van der Waals surface area contributed by atoms with Gasteiger partial charge >= 0.3 is 0 Å². The minimum Gasteiger partial charge on any atom is -0.360 e. The van der Waals surface area contributed by atoms with Gasteiger partial charge in [0.05, 0.1) is 17.6 Å². The van der Waals surface area contributed by atoms with Gasteiger partial charge in [-0.1, -0.05) is 11.2 Å². The van der Waals surface area contributed by atoms with Crippen molar-refractivity contribution >= 4 is 26.0 Å². The maximum Gasteiger partial charge on any atom is 0.242 e. The highest BCUT2D eigenvalue weighted by molar-refractivity contribution is 9.10. The molecule has 2 rings (SSSR count). The molecule has 1 heterocycles. The first kappa shape index (κ1) is 15.2. The molecule has 0 aliphatic rings. The van der Waals surface area contributed by atoms with Crippen LogP contribution in [0.5, 0.6) is 0 Å². The minimum atomic E-state index is -3.62. The molecule has 8 heteroatoms. The topological polar surface area (TPSA) is 84.2 Å². The Balaban J connectivity index is 2.21. The quantitative estimate of drug-likeness (QED) is 0.818. The zero-order valence-corrected chi connectivity index (χ0v) is 13.2. The van der Waals surface area contributed by atoms with E-state index in [1.807, 2.05) is 6.07 Å². The van der Waals surface area contributed by atoms with E-state index >= 15 is 0 Å². The molecule has 2 N–H and O–H groups in total. The third kappa shape index (κ3) is 3.66. The first-order valence-corrected chi connectivity index (χ1v) is 8.13. The van der Waals surface area contributed by atoms with Gasteiger partial charge in [-0.15, -0.1) is 0 Å². The normalized spacial score (nSPS) is 11.7. The summed E-state index contributed by atoms with van der Waals surface area (Å²) in [5.41, 5.74) is 0.885. The summed E-state index contributed by atoms with van der Waals surface area (Å²) in [5.74, 6) is 0.455. The fraction of sp³-hybridized carbons (Fsp3) is 0.250. The highest BCUT2D eigenvalue weighted by atomic mass is 79.9. The lowest BCUT2D eigenvalue weighted by Crippen LogP contribution is -2.23. The second-order valence-electron chi connectivity index (χ2n) is 4.10. The summed E-state index contributed by atoms with van der Waals surface area (Å²) in [6.45, 7) is 0.656. The number of rotatable bonds is 6. The Bertz CT molecular complexity index is 671. The van der Waals surface area contributed by atoms with Gasteiger partial charge in [-0.25, -0.2) is 13.1 Å². The molecule has 2 aromatic rings. The number of nitrogens with one attached hydrogen (secondary N) is 2. The Kier molecular flexibility index (Phi) is 4.92. The van der Waals surface area contributed by atoms with Gasteiger partial charge in [0.15, 0.2) is 5.76 Å². The standard InChI is InChI=1S/C12H14BrN3O3S/c1-14-7-9-2-3-11(13)12(6-9)20(17,18)16-8-10-4-5-15-19-10/h2-6,14,16H,7-8H2,1H3. The molecule has 0 spiro atoms. The molecule has 20 heavy (non-hydrogen) atoms. The molecule has 0 amide bonds. The van der Waals surface area contributed by atoms with Crippen molar-refractivity contribution in [3.05, 3.63) is 46.3 Å². The summed E-state index contributed by atoms with van der Waals surface area (Å²) in [7, 11) is -1.82. The van der Waals surface area contributed by atoms with Crippen molar-refractivity contribution < 1.29 is 12.9 Å². The van der Waals surface area contributed by atoms with E-state index in [-0.39, 0.29) is 11.4 Å². The Morgan fingerprint density at radius 1 is 1.30 bits per heavy atom. The minimum absolute atomic E-state index is 0.0605. The number of aromatic nitrogens is 1. The molecule has 0 atom stereocenters. The molecule has 0 unspecified atom stereocenters. The number of sulfonamides is 1. The van der Waals surface area contributed by atoms with Crippen LogP contribution in [0.3, 0.4) is 0 Å². The number of hydrogen-bond donors (Lipinski definition) is 2. The van der Waals surface area contributed by atoms with E-state index in [9.17, 15) is 8.42 Å². The lowest BCUT2D eigenvalue weighted by Gasteiger charge is -2.09. The Labute approximate surface area is 125 Å². The van der Waals surface area contributed by atoms with Gasteiger partial charge in [-0.05, 0) is 40.7 Å². The van der Waals surface area contributed by atoms with Gasteiger partial charge in [-0.2, -0.15) is 0 Å². The third-order valence-electron chi connectivity index (χ3n) is 2.59. The lowest BCUT2D eigenvalue weighted by atomic mass is 10.2. The van der Waals surface area contributed by atoms with Crippen LogP contribution in [-0.2, 0) is 23.1 Å². The van der Waals surface area contributed by atoms with Crippen LogP contribution < -0.4 is 10.0 Å². The fourth-order valence-electron chi connectivity index (χ4n) is 1.65. The van der Waals surface area contributed by atoms with Crippen molar-refractivity contribution in [1.29, 1.82) is 0 Å². The predicted molar refractivity (Wildman–Crippen MR) is 77.4 cm³/mol. The summed E-state index contributed by atoms with van der Waals surface area (Å²) in [4.78, 5) is 0.199. The summed E-state index contributed by atoms with van der Waals surface area (Å²) in [6.07, 6.45) is 1.47. The second kappa shape index (κ2) is 6.49. The number of halogens is 1. The number of nitrogens with zero attached hydrogens (tertiary/aromatic N) is 1. The van der Waals surface area contributed by atoms with Gasteiger partial charge in [0.2, 0.25) is 10.0 Å². The van der Waals surface area contributed by atoms with Crippen LogP contribution in [-0.4, -0.2) is 20.6 Å². The Morgan fingerprint density at radius 2 is 2.10 bits per heavy atom. The first-order valence-electron chi connectivity index (χ1n) is 5.85. The smallest absolute Gasteiger partial charge is 0.242 e. The van der Waals surface area contributed by atoms with Crippen LogP contribution in [0, 0.1) is 0 Å². The molecule has 0 aliphatic carbocycles. The third-order valence-corrected chi connectivity index (χ3v) is 4.99. The van der Waals surface area contributed by atoms with Crippen LogP contribution in [0.1, 0.15) is 11.3 Å². The molecule has 6 nitrogen and oxygen atoms in total. The summed E-state index contributed by atoms with van der Waals surface area (Å²) < 4.78 is 32.4. The first-order chi connectivity index (χ1) is 9.53. The van der Waals surface area contributed by atoms with Gasteiger partial charge in [0.1, 0.15) is 0 Å². The van der Waals surface area contributed by atoms with E-state index in [1.165, 1.54) is 6.20 Å². The maximum absolute atomic E-state index is 12.3. The van der Waals surface area contributed by atoms with Crippen molar-refractivity contribution in [2.24, 2.45) is 0 Å². The van der Waals surface area contributed by atoms with E-state index in [0.717, 1.165) is 5.56 Å². The van der Waals surface area contributed by atoms with Crippen LogP contribution >= 0.6 is 15.9 Å². The SMILES string of the molecule is CNCc1ccc(Br)c(S(=O)(=O)NCc2ccno2)c1. The van der Waals surface area contributed by atoms with Gasteiger partial charge < -0.3 is 9.84 Å². The number of hydrogen-bond acceptors (Lipinski definition) is 5. The molecule has 1 aromatic heterocycles. The lowest BCUT2D eigenvalue weighted by molar-refractivity contribution is 0.380. The predicted octanol–water partition coefficient (Wildman–Crippen LogP) is 1.64. The molecular formula is C12H14BrN3O3S. The summed E-state index contributed by atoms with van der Waals surface area (Å²) in [5, 5.41) is 6.51. The maximum atomic E-state index is 12.3. The Morgan fingerprint density at radius 3 is 2.75 bits per heavy atom. The van der Waals surface area contributed by atoms with Gasteiger partial charge in [0.25, 0.3) is 0 Å². The monoisotopic (exact) mass is 359 g/mol. The molecule has 0 fully saturated rings. The zero-order chi connectivity index (χ0) is 14.6. The molecule has 0 aliphatic heterocycles. The van der Waals surface area contributed by atoms with Crippen molar-refractivity contribution in [2.75, 3.05) is 7.05 Å². The van der Waals surface area contributed by atoms with E-state index in [0.29, 0.717) is 16.8 Å². The van der Waals surface area contributed by atoms with E-state index in [2.05, 4.69) is 31.1 Å². The van der Waals surface area contributed by atoms with Crippen molar-refractivity contribution in [2.45, 2.75) is 18.0 Å². The van der Waals surface area contributed by atoms with Crippen LogP contribution in [0.15, 0.2) is 44.4 Å². The molecular weight excluding hydrogens is 346 g/mol. The van der Waals surface area contributed by atoms with Gasteiger partial charge in [0, 0.05) is 17.1 Å². The van der Waals surface area contributed by atoms with Crippen LogP contribution in [0.4, 0.5) is 0 Å². The van der Waals surface area contributed by atoms with Crippen molar-refractivity contribution in [3.8, 4) is 0 Å². The largest absolute Gasteiger partial charge is 0.360 e. The van der Waals surface area contributed by atoms with Gasteiger partial charge in [-0.3, -0.25) is 0 Å². The molecule has 108 valence electrons. The molecule has 1 aromatic carbocycles. The number of benzene rings is 1. The summed E-state index contributed by atoms with van der Waals surface area (Å²) in [6, 6.07) is 6.81. The molecule has 0 saturated carbocycles. The molecule has 0 bridgehead atoms. The van der Waals surface area contributed by atoms with E-state index < -0.39 is 10.0 Å². The second-order valence-corrected chi connectivity index (χ2v) is 6.69. The fourth-order valence-corrected chi connectivity index (χ4v) is 3.65. The van der Waals surface area contributed by atoms with Crippen molar-refractivity contribution in [3.63, 3.8) is 0 Å².